The topological polar surface area (TPSA) is 72.7 Å². The molecule has 2 aliphatic carbocycles. The van der Waals surface area contributed by atoms with Crippen molar-refractivity contribution in [3.63, 3.8) is 0 Å². The van der Waals surface area contributed by atoms with E-state index < -0.39 is 0 Å². The fraction of sp³-hybridized carbons (Fsp3) is 0.750. The van der Waals surface area contributed by atoms with Crippen LogP contribution in [0.4, 0.5) is 5.13 Å². The smallest absolute Gasteiger partial charge is 0.309 e. The average Bonchev–Trinajstić information content (AvgIpc) is 3.07. The minimum Gasteiger partial charge on any atom is -0.461 e. The third-order valence-electron chi connectivity index (χ3n) is 6.92. The molecule has 1 saturated heterocycles. The summed E-state index contributed by atoms with van der Waals surface area (Å²) in [4.78, 5) is 31.5. The van der Waals surface area contributed by atoms with E-state index in [9.17, 15) is 9.59 Å². The summed E-state index contributed by atoms with van der Waals surface area (Å²) < 4.78 is 5.88. The van der Waals surface area contributed by atoms with E-state index in [4.69, 9.17) is 9.72 Å². The Kier molecular flexibility index (Phi) is 4.58. The number of aromatic nitrogens is 1. The number of carbonyl (C=O) groups excluding carboxylic acids is 2. The first-order valence-electron chi connectivity index (χ1n) is 9.98. The molecule has 6 atom stereocenters. The Labute approximate surface area is 164 Å². The van der Waals surface area contributed by atoms with Crippen molar-refractivity contribution < 1.29 is 19.2 Å². The summed E-state index contributed by atoms with van der Waals surface area (Å²) >= 11 is 1.62. The molecular weight excluding hydrogens is 362 g/mol. The van der Waals surface area contributed by atoms with E-state index in [1.54, 1.807) is 11.3 Å². The van der Waals surface area contributed by atoms with Gasteiger partial charge in [0.1, 0.15) is 6.10 Å². The van der Waals surface area contributed by atoms with E-state index in [1.807, 2.05) is 21.0 Å². The molecule has 0 unspecified atom stereocenters. The van der Waals surface area contributed by atoms with Gasteiger partial charge in [-0.1, -0.05) is 20.8 Å². The number of fused-ring (bicyclic) bond motifs is 4. The lowest BCUT2D eigenvalue weighted by Crippen LogP contribution is -3.06. The molecule has 1 aliphatic heterocycles. The summed E-state index contributed by atoms with van der Waals surface area (Å²) in [7, 11) is 3.92. The number of thiazole rings is 1. The number of hydrogen-bond donors (Lipinski definition) is 2. The molecule has 2 N–H and O–H groups in total. The van der Waals surface area contributed by atoms with Crippen molar-refractivity contribution in [1.82, 2.24) is 4.98 Å². The number of likely N-dealkylation sites (N-methyl/N-ethyl adjacent to an activating group) is 1. The molecule has 6 nitrogen and oxygen atoms in total. The Morgan fingerprint density at radius 3 is 2.81 bits per heavy atom. The third-order valence-corrected chi connectivity index (χ3v) is 7.90. The Balaban J connectivity index is 1.61. The largest absolute Gasteiger partial charge is 0.461 e. The summed E-state index contributed by atoms with van der Waals surface area (Å²) in [6.45, 7) is 7.00. The molecule has 0 aromatic carbocycles. The maximum atomic E-state index is 12.2. The van der Waals surface area contributed by atoms with Crippen LogP contribution in [0.2, 0.25) is 0 Å². The maximum absolute atomic E-state index is 12.2. The quantitative estimate of drug-likeness (QED) is 0.765. The van der Waals surface area contributed by atoms with E-state index in [0.29, 0.717) is 23.5 Å². The molecule has 1 aromatic rings. The molecular formula is C20H30N3O3S+. The lowest BCUT2D eigenvalue weighted by atomic mass is 9.54. The minimum atomic E-state index is -0.0373. The number of ether oxygens (including phenoxy) is 1. The molecule has 1 amide bonds. The number of hydrogen-bond acceptors (Lipinski definition) is 5. The van der Waals surface area contributed by atoms with Gasteiger partial charge in [0.05, 0.1) is 25.7 Å². The number of nitrogens with zero attached hydrogens (tertiary/aromatic N) is 1. The zero-order valence-corrected chi connectivity index (χ0v) is 17.6. The summed E-state index contributed by atoms with van der Waals surface area (Å²) in [6, 6.07) is 0. The minimum absolute atomic E-state index is 0.00371. The molecule has 1 saturated carbocycles. The van der Waals surface area contributed by atoms with E-state index >= 15 is 0 Å². The third kappa shape index (κ3) is 3.09. The van der Waals surface area contributed by atoms with Crippen LogP contribution in [0.3, 0.4) is 0 Å². The number of anilines is 1. The van der Waals surface area contributed by atoms with Crippen molar-refractivity contribution in [1.29, 1.82) is 0 Å². The first kappa shape index (κ1) is 18.9. The predicted molar refractivity (Wildman–Crippen MR) is 104 cm³/mol. The van der Waals surface area contributed by atoms with Gasteiger partial charge in [0, 0.05) is 22.6 Å². The van der Waals surface area contributed by atoms with Gasteiger partial charge < -0.3 is 9.64 Å². The van der Waals surface area contributed by atoms with Crippen LogP contribution in [0.5, 0.6) is 0 Å². The average molecular weight is 393 g/mol. The van der Waals surface area contributed by atoms with Gasteiger partial charge in [-0.05, 0) is 24.7 Å². The molecule has 3 aliphatic rings. The van der Waals surface area contributed by atoms with E-state index in [1.165, 1.54) is 4.88 Å². The number of carbonyl (C=O) groups is 2. The first-order chi connectivity index (χ1) is 12.7. The summed E-state index contributed by atoms with van der Waals surface area (Å²) in [5, 5.41) is 3.67. The lowest BCUT2D eigenvalue weighted by Gasteiger charge is -2.51. The van der Waals surface area contributed by atoms with Gasteiger partial charge in [-0.3, -0.25) is 14.9 Å². The molecule has 7 heteroatoms. The molecule has 27 heavy (non-hydrogen) atoms. The highest BCUT2D eigenvalue weighted by atomic mass is 32.1. The molecule has 4 rings (SSSR count). The standard InChI is InChI=1S/C20H29N3O3S/c1-10-12-6-7-20(3)8-13-16(11(2)15(20)17(12)26-18(10)25)22-19(27-13)21-14(24)9-23(4)5/h10-12,15,17H,6-9H2,1-5H3,(H,21,22,24)/p+1/t10-,11-,12-,15+,17-,20+/m0/s1. The Morgan fingerprint density at radius 2 is 2.11 bits per heavy atom. The number of nitrogens with one attached hydrogen (secondary N) is 2. The van der Waals surface area contributed by atoms with E-state index in [-0.39, 0.29) is 35.2 Å². The monoisotopic (exact) mass is 392 g/mol. The fourth-order valence-electron chi connectivity index (χ4n) is 5.62. The van der Waals surface area contributed by atoms with E-state index in [2.05, 4.69) is 19.2 Å². The van der Waals surface area contributed by atoms with Crippen molar-refractivity contribution in [3.8, 4) is 0 Å². The molecule has 148 valence electrons. The van der Waals surface area contributed by atoms with Crippen LogP contribution in [0.1, 0.15) is 50.1 Å². The van der Waals surface area contributed by atoms with Gasteiger partial charge in [0.25, 0.3) is 5.91 Å². The second kappa shape index (κ2) is 6.55. The van der Waals surface area contributed by atoms with Crippen LogP contribution >= 0.6 is 11.3 Å². The highest BCUT2D eigenvalue weighted by Gasteiger charge is 2.58. The van der Waals surface area contributed by atoms with Gasteiger partial charge in [-0.25, -0.2) is 4.98 Å². The van der Waals surface area contributed by atoms with E-state index in [0.717, 1.165) is 29.9 Å². The van der Waals surface area contributed by atoms with Crippen LogP contribution in [-0.2, 0) is 20.7 Å². The highest BCUT2D eigenvalue weighted by Crippen LogP contribution is 2.59. The van der Waals surface area contributed by atoms with Crippen molar-refractivity contribution in [3.05, 3.63) is 10.6 Å². The van der Waals surface area contributed by atoms with Gasteiger partial charge in [-0.2, -0.15) is 0 Å². The van der Waals surface area contributed by atoms with Gasteiger partial charge >= 0.3 is 5.97 Å². The summed E-state index contributed by atoms with van der Waals surface area (Å²) in [5.74, 6) is 0.827. The Hall–Kier alpha value is -1.47. The molecule has 0 spiro atoms. The van der Waals surface area contributed by atoms with Crippen molar-refractivity contribution in [2.75, 3.05) is 26.0 Å². The molecule has 1 aromatic heterocycles. The second-order valence-corrected chi connectivity index (χ2v) is 10.4. The molecule has 2 heterocycles. The van der Waals surface area contributed by atoms with Crippen LogP contribution < -0.4 is 10.2 Å². The van der Waals surface area contributed by atoms with Crippen LogP contribution in [-0.4, -0.2) is 43.6 Å². The molecule has 0 radical (unpaired) electrons. The van der Waals surface area contributed by atoms with Crippen molar-refractivity contribution >= 4 is 28.3 Å². The van der Waals surface area contributed by atoms with Crippen molar-refractivity contribution in [2.24, 2.45) is 23.2 Å². The predicted octanol–water partition coefficient (Wildman–Crippen LogP) is 1.48. The highest BCUT2D eigenvalue weighted by molar-refractivity contribution is 7.15. The van der Waals surface area contributed by atoms with Gasteiger partial charge in [0.2, 0.25) is 0 Å². The fourth-order valence-corrected chi connectivity index (χ4v) is 6.90. The zero-order chi connectivity index (χ0) is 19.5. The Bertz CT molecular complexity index is 777. The number of rotatable bonds is 3. The zero-order valence-electron chi connectivity index (χ0n) is 16.8. The SMILES string of the molecule is C[C@@H]1C(=O)O[C@H]2[C@H]1CC[C@]1(C)Cc3sc(NC(=O)C[NH+](C)C)nc3[C@@H](C)[C@H]21. The van der Waals surface area contributed by atoms with Crippen LogP contribution in [0.15, 0.2) is 0 Å². The van der Waals surface area contributed by atoms with Gasteiger partial charge in [0.15, 0.2) is 11.7 Å². The second-order valence-electron chi connectivity index (χ2n) is 9.30. The van der Waals surface area contributed by atoms with Crippen molar-refractivity contribution in [2.45, 2.75) is 52.1 Å². The van der Waals surface area contributed by atoms with Crippen LogP contribution in [0, 0.1) is 23.2 Å². The van der Waals surface area contributed by atoms with Gasteiger partial charge in [-0.15, -0.1) is 11.3 Å². The summed E-state index contributed by atoms with van der Waals surface area (Å²) in [6.07, 6.45) is 3.14. The number of esters is 1. The number of amides is 1. The number of quaternary nitrogens is 1. The maximum Gasteiger partial charge on any atom is 0.309 e. The molecule has 0 bridgehead atoms. The van der Waals surface area contributed by atoms with Crippen LogP contribution in [0.25, 0.3) is 0 Å². The lowest BCUT2D eigenvalue weighted by molar-refractivity contribution is -0.849. The summed E-state index contributed by atoms with van der Waals surface area (Å²) in [5.41, 5.74) is 1.21. The molecule has 2 fully saturated rings. The first-order valence-corrected chi connectivity index (χ1v) is 10.8. The normalized spacial score (nSPS) is 37.4. The Morgan fingerprint density at radius 1 is 1.37 bits per heavy atom.